The highest BCUT2D eigenvalue weighted by molar-refractivity contribution is 5.78. The Labute approximate surface area is 74.7 Å². The lowest BCUT2D eigenvalue weighted by atomic mass is 10.0. The van der Waals surface area contributed by atoms with Gasteiger partial charge in [0, 0.05) is 12.0 Å². The fourth-order valence-corrected chi connectivity index (χ4v) is 0.737. The van der Waals surface area contributed by atoms with Gasteiger partial charge in [0.15, 0.2) is 0 Å². The number of rotatable bonds is 4. The van der Waals surface area contributed by atoms with Crippen LogP contribution < -0.4 is 11.1 Å². The summed E-state index contributed by atoms with van der Waals surface area (Å²) in [5.41, 5.74) is 5.47. The minimum atomic E-state index is 0.0532. The Balaban J connectivity index is 3.83. The molecule has 0 fully saturated rings. The highest BCUT2D eigenvalue weighted by Crippen LogP contribution is 2.01. The number of carbonyl (C=O) groups is 1. The van der Waals surface area contributed by atoms with Gasteiger partial charge in [-0.25, -0.2) is 0 Å². The molecule has 0 spiro atoms. The number of hydrogen-bond acceptors (Lipinski definition) is 2. The van der Waals surface area contributed by atoms with Crippen molar-refractivity contribution in [1.29, 1.82) is 0 Å². The van der Waals surface area contributed by atoms with Crippen molar-refractivity contribution in [2.75, 3.05) is 6.54 Å². The molecular formula is C9H20N2O. The zero-order valence-electron chi connectivity index (χ0n) is 8.42. The SMILES string of the molecule is CC(C)C(=O)NC(C)C(C)CN. The summed E-state index contributed by atoms with van der Waals surface area (Å²) < 4.78 is 0. The Kier molecular flexibility index (Phi) is 4.90. The Hall–Kier alpha value is -0.570. The summed E-state index contributed by atoms with van der Waals surface area (Å²) in [6.07, 6.45) is 0. The monoisotopic (exact) mass is 172 g/mol. The highest BCUT2D eigenvalue weighted by atomic mass is 16.1. The van der Waals surface area contributed by atoms with Gasteiger partial charge in [-0.2, -0.15) is 0 Å². The number of nitrogens with one attached hydrogen (secondary N) is 1. The molecule has 0 bridgehead atoms. The molecule has 0 aromatic carbocycles. The molecule has 72 valence electrons. The molecule has 0 radical (unpaired) electrons. The summed E-state index contributed by atoms with van der Waals surface area (Å²) in [5.74, 6) is 0.493. The van der Waals surface area contributed by atoms with E-state index in [0.717, 1.165) is 0 Å². The van der Waals surface area contributed by atoms with Crippen molar-refractivity contribution in [1.82, 2.24) is 5.32 Å². The topological polar surface area (TPSA) is 55.1 Å². The third-order valence-electron chi connectivity index (χ3n) is 2.12. The molecule has 12 heavy (non-hydrogen) atoms. The van der Waals surface area contributed by atoms with Gasteiger partial charge in [-0.1, -0.05) is 20.8 Å². The number of carbonyl (C=O) groups excluding carboxylic acids is 1. The van der Waals surface area contributed by atoms with E-state index in [2.05, 4.69) is 5.32 Å². The standard InChI is InChI=1S/C9H20N2O/c1-6(2)9(12)11-8(4)7(3)5-10/h6-8H,5,10H2,1-4H3,(H,11,12). The maximum absolute atomic E-state index is 11.2. The number of nitrogens with two attached hydrogens (primary N) is 1. The first-order valence-electron chi connectivity index (χ1n) is 4.49. The van der Waals surface area contributed by atoms with Crippen LogP contribution in [0.15, 0.2) is 0 Å². The summed E-state index contributed by atoms with van der Waals surface area (Å²) in [4.78, 5) is 11.2. The normalized spacial score (nSPS) is 15.8. The van der Waals surface area contributed by atoms with Crippen LogP contribution in [0.5, 0.6) is 0 Å². The molecule has 0 aliphatic carbocycles. The molecule has 2 unspecified atom stereocenters. The molecular weight excluding hydrogens is 152 g/mol. The van der Waals surface area contributed by atoms with Crippen molar-refractivity contribution in [2.24, 2.45) is 17.6 Å². The Morgan fingerprint density at radius 1 is 1.33 bits per heavy atom. The van der Waals surface area contributed by atoms with Gasteiger partial charge in [0.1, 0.15) is 0 Å². The van der Waals surface area contributed by atoms with Crippen molar-refractivity contribution in [3.8, 4) is 0 Å². The van der Waals surface area contributed by atoms with Crippen LogP contribution in [-0.4, -0.2) is 18.5 Å². The van der Waals surface area contributed by atoms with Crippen LogP contribution in [0.4, 0.5) is 0 Å². The first-order chi connectivity index (χ1) is 5.49. The van der Waals surface area contributed by atoms with Crippen molar-refractivity contribution in [2.45, 2.75) is 33.7 Å². The molecule has 0 aliphatic rings. The van der Waals surface area contributed by atoms with Crippen LogP contribution in [0.3, 0.4) is 0 Å². The summed E-state index contributed by atoms with van der Waals surface area (Å²) in [6.45, 7) is 8.40. The fourth-order valence-electron chi connectivity index (χ4n) is 0.737. The Morgan fingerprint density at radius 3 is 2.17 bits per heavy atom. The number of amides is 1. The van der Waals surface area contributed by atoms with Crippen molar-refractivity contribution >= 4 is 5.91 Å². The van der Waals surface area contributed by atoms with Gasteiger partial charge in [-0.15, -0.1) is 0 Å². The van der Waals surface area contributed by atoms with Crippen molar-refractivity contribution in [3.63, 3.8) is 0 Å². The van der Waals surface area contributed by atoms with Gasteiger partial charge in [0.2, 0.25) is 5.91 Å². The molecule has 3 nitrogen and oxygen atoms in total. The lowest BCUT2D eigenvalue weighted by Crippen LogP contribution is -2.41. The maximum Gasteiger partial charge on any atom is 0.222 e. The predicted octanol–water partition coefficient (Wildman–Crippen LogP) is 0.742. The Morgan fingerprint density at radius 2 is 1.83 bits per heavy atom. The largest absolute Gasteiger partial charge is 0.353 e. The third-order valence-corrected chi connectivity index (χ3v) is 2.12. The van der Waals surface area contributed by atoms with Crippen LogP contribution >= 0.6 is 0 Å². The van der Waals surface area contributed by atoms with E-state index in [1.165, 1.54) is 0 Å². The molecule has 0 saturated heterocycles. The van der Waals surface area contributed by atoms with Gasteiger partial charge >= 0.3 is 0 Å². The molecule has 0 aromatic heterocycles. The molecule has 2 atom stereocenters. The summed E-state index contributed by atoms with van der Waals surface area (Å²) in [5, 5.41) is 2.91. The van der Waals surface area contributed by atoms with E-state index in [1.54, 1.807) is 0 Å². The van der Waals surface area contributed by atoms with E-state index >= 15 is 0 Å². The minimum absolute atomic E-state index is 0.0532. The second kappa shape index (κ2) is 5.14. The second-order valence-electron chi connectivity index (χ2n) is 3.66. The first kappa shape index (κ1) is 11.4. The first-order valence-corrected chi connectivity index (χ1v) is 4.49. The Bertz CT molecular complexity index is 145. The van der Waals surface area contributed by atoms with Crippen LogP contribution in [0.1, 0.15) is 27.7 Å². The quantitative estimate of drug-likeness (QED) is 0.657. The summed E-state index contributed by atoms with van der Waals surface area (Å²) in [6, 6.07) is 0.171. The molecule has 0 heterocycles. The van der Waals surface area contributed by atoms with E-state index in [9.17, 15) is 4.79 Å². The average molecular weight is 172 g/mol. The molecule has 0 aromatic rings. The third kappa shape index (κ3) is 3.72. The van der Waals surface area contributed by atoms with E-state index in [4.69, 9.17) is 5.73 Å². The summed E-state index contributed by atoms with van der Waals surface area (Å²) >= 11 is 0. The van der Waals surface area contributed by atoms with E-state index < -0.39 is 0 Å². The molecule has 3 N–H and O–H groups in total. The second-order valence-corrected chi connectivity index (χ2v) is 3.66. The summed E-state index contributed by atoms with van der Waals surface area (Å²) in [7, 11) is 0. The van der Waals surface area contributed by atoms with Crippen LogP contribution in [0, 0.1) is 11.8 Å². The zero-order valence-corrected chi connectivity index (χ0v) is 8.42. The molecule has 0 saturated carbocycles. The van der Waals surface area contributed by atoms with Crippen LogP contribution in [0.25, 0.3) is 0 Å². The van der Waals surface area contributed by atoms with Crippen LogP contribution in [0.2, 0.25) is 0 Å². The van der Waals surface area contributed by atoms with E-state index in [0.29, 0.717) is 12.5 Å². The zero-order chi connectivity index (χ0) is 9.72. The lowest BCUT2D eigenvalue weighted by molar-refractivity contribution is -0.124. The van der Waals surface area contributed by atoms with Crippen molar-refractivity contribution < 1.29 is 4.79 Å². The van der Waals surface area contributed by atoms with Crippen molar-refractivity contribution in [3.05, 3.63) is 0 Å². The van der Waals surface area contributed by atoms with E-state index in [1.807, 2.05) is 27.7 Å². The fraction of sp³-hybridized carbons (Fsp3) is 0.889. The van der Waals surface area contributed by atoms with Gasteiger partial charge in [-0.3, -0.25) is 4.79 Å². The smallest absolute Gasteiger partial charge is 0.222 e. The van der Waals surface area contributed by atoms with Gasteiger partial charge in [-0.05, 0) is 19.4 Å². The minimum Gasteiger partial charge on any atom is -0.353 e. The lowest BCUT2D eigenvalue weighted by Gasteiger charge is -2.20. The van der Waals surface area contributed by atoms with E-state index in [-0.39, 0.29) is 17.9 Å². The molecule has 0 rings (SSSR count). The molecule has 0 aliphatic heterocycles. The highest BCUT2D eigenvalue weighted by Gasteiger charge is 2.14. The maximum atomic E-state index is 11.2. The number of hydrogen-bond donors (Lipinski definition) is 2. The van der Waals surface area contributed by atoms with Crippen LogP contribution in [-0.2, 0) is 4.79 Å². The average Bonchev–Trinajstić information content (AvgIpc) is 2.02. The van der Waals surface area contributed by atoms with Gasteiger partial charge < -0.3 is 11.1 Å². The van der Waals surface area contributed by atoms with Gasteiger partial charge in [0.25, 0.3) is 0 Å². The molecule has 3 heteroatoms. The van der Waals surface area contributed by atoms with Gasteiger partial charge in [0.05, 0.1) is 0 Å². The predicted molar refractivity (Wildman–Crippen MR) is 50.7 cm³/mol. The molecule has 1 amide bonds.